The van der Waals surface area contributed by atoms with E-state index in [0.717, 1.165) is 0 Å². The van der Waals surface area contributed by atoms with Gasteiger partial charge in [-0.05, 0) is 22.3 Å². The quantitative estimate of drug-likeness (QED) is 0.446. The molecule has 2 aliphatic heterocycles. The average molecular weight is 414 g/mol. The van der Waals surface area contributed by atoms with Crippen molar-refractivity contribution in [1.82, 2.24) is 0 Å². The zero-order valence-electron chi connectivity index (χ0n) is 17.9. The Kier molecular flexibility index (Phi) is 4.47. The molecular weight excluding hydrogens is 382 g/mol. The van der Waals surface area contributed by atoms with E-state index in [-0.39, 0.29) is 21.6 Å². The molecule has 0 saturated carbocycles. The third kappa shape index (κ3) is 2.68. The Morgan fingerprint density at radius 3 is 1.29 bits per heavy atom. The van der Waals surface area contributed by atoms with E-state index in [1.54, 1.807) is 0 Å². The van der Waals surface area contributed by atoms with Crippen molar-refractivity contribution >= 4 is 14.3 Å². The van der Waals surface area contributed by atoms with Gasteiger partial charge >= 0.3 is 0 Å². The molecule has 2 nitrogen and oxygen atoms in total. The Morgan fingerprint density at radius 1 is 0.643 bits per heavy atom. The predicted octanol–water partition coefficient (Wildman–Crippen LogP) is 7.82. The van der Waals surface area contributed by atoms with Crippen molar-refractivity contribution in [3.05, 3.63) is 70.8 Å². The van der Waals surface area contributed by atoms with Crippen LogP contribution in [-0.4, -0.2) is 10.3 Å². The minimum atomic E-state index is -2.67. The summed E-state index contributed by atoms with van der Waals surface area (Å²) < 4.78 is 29.4. The second-order valence-electron chi connectivity index (χ2n) is 10.5. The molecule has 150 valence electrons. The Labute approximate surface area is 169 Å². The van der Waals surface area contributed by atoms with Crippen LogP contribution in [0.4, 0.5) is 0 Å². The number of benzene rings is 2. The van der Waals surface area contributed by atoms with Gasteiger partial charge in [0.25, 0.3) is 0 Å². The third-order valence-corrected chi connectivity index (χ3v) is 16.4. The largest absolute Gasteiger partial charge is 0.322 e. The van der Waals surface area contributed by atoms with Crippen molar-refractivity contribution in [3.8, 4) is 0 Å². The van der Waals surface area contributed by atoms with Crippen molar-refractivity contribution in [3.63, 3.8) is 0 Å². The summed E-state index contributed by atoms with van der Waals surface area (Å²) >= 11 is 0. The second kappa shape index (κ2) is 6.20. The fourth-order valence-electron chi connectivity index (χ4n) is 5.19. The summed E-state index contributed by atoms with van der Waals surface area (Å²) in [6, 6.07) is 16.7. The molecule has 0 bridgehead atoms. The maximum absolute atomic E-state index is 14.7. The van der Waals surface area contributed by atoms with Crippen molar-refractivity contribution in [2.45, 2.75) is 75.5 Å². The molecule has 4 atom stereocenters. The average Bonchev–Trinajstić information content (AvgIpc) is 3.05. The highest BCUT2D eigenvalue weighted by molar-refractivity contribution is 7.69. The molecule has 2 unspecified atom stereocenters. The molecule has 0 fully saturated rings. The van der Waals surface area contributed by atoms with Crippen LogP contribution in [0, 0.1) is 0 Å². The van der Waals surface area contributed by atoms with Gasteiger partial charge in [0, 0.05) is 22.6 Å². The predicted molar refractivity (Wildman–Crippen MR) is 120 cm³/mol. The van der Waals surface area contributed by atoms with Crippen molar-refractivity contribution in [2.75, 3.05) is 0 Å². The van der Waals surface area contributed by atoms with E-state index in [9.17, 15) is 9.13 Å². The summed E-state index contributed by atoms with van der Waals surface area (Å²) in [6.45, 7) is 12.6. The summed E-state index contributed by atoms with van der Waals surface area (Å²) in [5.41, 5.74) is 4.42. The van der Waals surface area contributed by atoms with Crippen LogP contribution < -0.4 is 0 Å². The smallest absolute Gasteiger partial charge is 0.105 e. The molecular formula is C24H32O2P2. The van der Waals surface area contributed by atoms with Crippen molar-refractivity contribution in [1.29, 1.82) is 0 Å². The van der Waals surface area contributed by atoms with Crippen LogP contribution in [-0.2, 0) is 21.5 Å². The van der Waals surface area contributed by atoms with Crippen LogP contribution in [0.3, 0.4) is 0 Å². The highest BCUT2D eigenvalue weighted by Crippen LogP contribution is 2.87. The first-order valence-electron chi connectivity index (χ1n) is 10.2. The molecule has 2 aromatic rings. The summed E-state index contributed by atoms with van der Waals surface area (Å²) in [5.74, 6) is 0. The van der Waals surface area contributed by atoms with Crippen LogP contribution in [0.25, 0.3) is 0 Å². The van der Waals surface area contributed by atoms with Gasteiger partial charge in [-0.1, -0.05) is 90.1 Å². The van der Waals surface area contributed by atoms with Gasteiger partial charge in [-0.3, -0.25) is 0 Å². The third-order valence-electron chi connectivity index (χ3n) is 7.03. The molecule has 0 amide bonds. The lowest BCUT2D eigenvalue weighted by atomic mass is 9.98. The van der Waals surface area contributed by atoms with E-state index < -0.39 is 14.3 Å². The standard InChI is InChI=1S/C24H32O2P2/c1-23(2,3)27(25)15-17-11-7-9-13-19(17)21(27)22-20-14-10-8-12-18(20)16-28(22,26)24(4,5)6/h7-14,21-22H,15-16H2,1-6H3/t21?,22?,27-,28-/m0/s1. The van der Waals surface area contributed by atoms with E-state index in [2.05, 4.69) is 65.8 Å². The molecule has 0 radical (unpaired) electrons. The van der Waals surface area contributed by atoms with E-state index in [4.69, 9.17) is 0 Å². The van der Waals surface area contributed by atoms with E-state index in [1.165, 1.54) is 22.3 Å². The SMILES string of the molecule is CC(C)(C)[P@]1(=O)Cc2ccccc2C1C1c2ccccc2C[P@@]1(=O)C(C)(C)C. The summed E-state index contributed by atoms with van der Waals surface area (Å²) in [7, 11) is -5.34. The van der Waals surface area contributed by atoms with E-state index in [0.29, 0.717) is 12.3 Å². The molecule has 4 heteroatoms. The molecule has 0 saturated heterocycles. The van der Waals surface area contributed by atoms with Crippen LogP contribution in [0.1, 0.15) is 75.1 Å². The second-order valence-corrected chi connectivity index (χ2v) is 18.1. The van der Waals surface area contributed by atoms with Crippen LogP contribution in [0.5, 0.6) is 0 Å². The zero-order valence-corrected chi connectivity index (χ0v) is 19.7. The van der Waals surface area contributed by atoms with Crippen LogP contribution >= 0.6 is 14.3 Å². The number of hydrogen-bond donors (Lipinski definition) is 0. The number of fused-ring (bicyclic) bond motifs is 2. The molecule has 2 heterocycles. The molecule has 0 aromatic heterocycles. The minimum Gasteiger partial charge on any atom is -0.322 e. The highest BCUT2D eigenvalue weighted by Gasteiger charge is 2.60. The van der Waals surface area contributed by atoms with E-state index in [1.807, 2.05) is 24.3 Å². The van der Waals surface area contributed by atoms with Gasteiger partial charge in [0.1, 0.15) is 14.3 Å². The zero-order chi connectivity index (χ0) is 20.5. The first-order chi connectivity index (χ1) is 12.9. The van der Waals surface area contributed by atoms with Gasteiger partial charge < -0.3 is 9.13 Å². The van der Waals surface area contributed by atoms with Crippen LogP contribution in [0.15, 0.2) is 48.5 Å². The first kappa shape index (κ1) is 20.2. The Bertz CT molecular complexity index is 940. The van der Waals surface area contributed by atoms with Gasteiger partial charge in [-0.25, -0.2) is 0 Å². The molecule has 0 spiro atoms. The summed E-state index contributed by atoms with van der Waals surface area (Å²) in [4.78, 5) is 0. The fourth-order valence-corrected chi connectivity index (χ4v) is 13.7. The lowest BCUT2D eigenvalue weighted by molar-refractivity contribution is 0.521. The highest BCUT2D eigenvalue weighted by atomic mass is 31.2. The lowest BCUT2D eigenvalue weighted by Crippen LogP contribution is -2.24. The Morgan fingerprint density at radius 2 is 0.964 bits per heavy atom. The molecule has 0 aliphatic carbocycles. The summed E-state index contributed by atoms with van der Waals surface area (Å²) in [5, 5.41) is -0.645. The monoisotopic (exact) mass is 414 g/mol. The maximum atomic E-state index is 14.7. The molecule has 28 heavy (non-hydrogen) atoms. The lowest BCUT2D eigenvalue weighted by Gasteiger charge is -2.42. The van der Waals surface area contributed by atoms with Gasteiger partial charge in [0.05, 0.1) is 11.3 Å². The Hall–Kier alpha value is -1.10. The minimum absolute atomic E-state index is 0.155. The molecule has 0 N–H and O–H groups in total. The maximum Gasteiger partial charge on any atom is 0.105 e. The van der Waals surface area contributed by atoms with Crippen molar-refractivity contribution < 1.29 is 9.13 Å². The number of hydrogen-bond acceptors (Lipinski definition) is 2. The van der Waals surface area contributed by atoms with Crippen LogP contribution in [0.2, 0.25) is 0 Å². The van der Waals surface area contributed by atoms with Gasteiger partial charge in [-0.15, -0.1) is 0 Å². The normalized spacial score (nSPS) is 32.2. The fraction of sp³-hybridized carbons (Fsp3) is 0.500. The number of rotatable bonds is 1. The van der Waals surface area contributed by atoms with Gasteiger partial charge in [0.15, 0.2) is 0 Å². The van der Waals surface area contributed by atoms with Gasteiger partial charge in [-0.2, -0.15) is 0 Å². The van der Waals surface area contributed by atoms with E-state index >= 15 is 0 Å². The van der Waals surface area contributed by atoms with Gasteiger partial charge in [0.2, 0.25) is 0 Å². The summed E-state index contributed by atoms with van der Waals surface area (Å²) in [6.07, 6.45) is 1.25. The topological polar surface area (TPSA) is 34.1 Å². The van der Waals surface area contributed by atoms with Crippen molar-refractivity contribution in [2.24, 2.45) is 0 Å². The molecule has 2 aliphatic rings. The molecule has 2 aromatic carbocycles. The molecule has 4 rings (SSSR count). The Balaban J connectivity index is 2.03. The first-order valence-corrected chi connectivity index (χ1v) is 14.2.